The summed E-state index contributed by atoms with van der Waals surface area (Å²) in [5.41, 5.74) is 0.348. The van der Waals surface area contributed by atoms with Gasteiger partial charge in [-0.3, -0.25) is 4.90 Å². The number of ether oxygens (including phenoxy) is 1. The van der Waals surface area contributed by atoms with Crippen molar-refractivity contribution in [2.75, 3.05) is 20.2 Å². The van der Waals surface area contributed by atoms with Gasteiger partial charge in [0.05, 0.1) is 7.11 Å². The van der Waals surface area contributed by atoms with E-state index in [1.54, 1.807) is 7.11 Å². The first-order valence-corrected chi connectivity index (χ1v) is 6.97. The number of β-amino-alcohol motifs (C(OH)–C–C–N with tert-alkyl or cyclic N) is 1. The van der Waals surface area contributed by atoms with Crippen LogP contribution in [0.4, 0.5) is 0 Å². The molecule has 1 atom stereocenters. The normalized spacial score (nSPS) is 25.3. The van der Waals surface area contributed by atoms with Gasteiger partial charge in [0.2, 0.25) is 0 Å². The van der Waals surface area contributed by atoms with Crippen molar-refractivity contribution in [2.45, 2.75) is 44.8 Å². The van der Waals surface area contributed by atoms with Gasteiger partial charge in [-0.1, -0.05) is 12.1 Å². The molecule has 2 rings (SSSR count). The molecule has 1 aliphatic heterocycles. The van der Waals surface area contributed by atoms with E-state index in [1.807, 2.05) is 24.3 Å². The lowest BCUT2D eigenvalue weighted by Gasteiger charge is -2.45. The van der Waals surface area contributed by atoms with E-state index in [0.717, 1.165) is 30.7 Å². The van der Waals surface area contributed by atoms with Gasteiger partial charge in [-0.05, 0) is 57.9 Å². The molecule has 1 unspecified atom stereocenters. The van der Waals surface area contributed by atoms with Gasteiger partial charge in [-0.25, -0.2) is 0 Å². The van der Waals surface area contributed by atoms with Crippen molar-refractivity contribution in [3.63, 3.8) is 0 Å². The van der Waals surface area contributed by atoms with Crippen LogP contribution in [0.1, 0.15) is 39.2 Å². The molecule has 1 saturated heterocycles. The third-order valence-electron chi connectivity index (χ3n) is 4.05. The molecule has 1 fully saturated rings. The highest BCUT2D eigenvalue weighted by atomic mass is 16.5. The van der Waals surface area contributed by atoms with Gasteiger partial charge in [-0.15, -0.1) is 0 Å². The summed E-state index contributed by atoms with van der Waals surface area (Å²) < 4.78 is 5.17. The molecular formula is C16H25NO2. The molecule has 1 N–H and O–H groups in total. The minimum Gasteiger partial charge on any atom is -0.497 e. The maximum absolute atomic E-state index is 11.0. The van der Waals surface area contributed by atoms with Crippen molar-refractivity contribution in [2.24, 2.45) is 0 Å². The van der Waals surface area contributed by atoms with Crippen LogP contribution in [0.2, 0.25) is 0 Å². The van der Waals surface area contributed by atoms with Crippen LogP contribution in [0, 0.1) is 0 Å². The van der Waals surface area contributed by atoms with E-state index >= 15 is 0 Å². The highest BCUT2D eigenvalue weighted by molar-refractivity contribution is 5.31. The summed E-state index contributed by atoms with van der Waals surface area (Å²) >= 11 is 0. The van der Waals surface area contributed by atoms with Crippen molar-refractivity contribution in [3.8, 4) is 5.75 Å². The van der Waals surface area contributed by atoms with Gasteiger partial charge in [0.1, 0.15) is 11.4 Å². The number of aliphatic hydroxyl groups is 1. The van der Waals surface area contributed by atoms with Crippen molar-refractivity contribution in [3.05, 3.63) is 29.8 Å². The van der Waals surface area contributed by atoms with Crippen molar-refractivity contribution >= 4 is 0 Å². The molecule has 0 radical (unpaired) electrons. The van der Waals surface area contributed by atoms with Gasteiger partial charge >= 0.3 is 0 Å². The summed E-state index contributed by atoms with van der Waals surface area (Å²) in [6.45, 7) is 8.36. The van der Waals surface area contributed by atoms with Crippen LogP contribution in [0.3, 0.4) is 0 Å². The number of methoxy groups -OCH3 is 1. The zero-order valence-electron chi connectivity index (χ0n) is 12.4. The quantitative estimate of drug-likeness (QED) is 0.890. The van der Waals surface area contributed by atoms with Crippen LogP contribution in [0.25, 0.3) is 0 Å². The van der Waals surface area contributed by atoms with Crippen LogP contribution in [-0.2, 0) is 5.60 Å². The molecule has 0 aromatic heterocycles. The Kier molecular flexibility index (Phi) is 3.88. The molecule has 0 aliphatic carbocycles. The monoisotopic (exact) mass is 263 g/mol. The van der Waals surface area contributed by atoms with Crippen LogP contribution in [0.5, 0.6) is 5.75 Å². The van der Waals surface area contributed by atoms with Crippen molar-refractivity contribution < 1.29 is 9.84 Å². The number of benzene rings is 1. The zero-order chi connectivity index (χ0) is 14.1. The topological polar surface area (TPSA) is 32.7 Å². The van der Waals surface area contributed by atoms with Gasteiger partial charge in [0.25, 0.3) is 0 Å². The van der Waals surface area contributed by atoms with Crippen LogP contribution in [0.15, 0.2) is 24.3 Å². The summed E-state index contributed by atoms with van der Waals surface area (Å²) in [5.74, 6) is 0.829. The highest BCUT2D eigenvalue weighted by Gasteiger charge is 2.38. The molecule has 0 bridgehead atoms. The second-order valence-electron chi connectivity index (χ2n) is 6.46. The molecule has 0 amide bonds. The second kappa shape index (κ2) is 5.14. The zero-order valence-corrected chi connectivity index (χ0v) is 12.4. The largest absolute Gasteiger partial charge is 0.497 e. The van der Waals surface area contributed by atoms with Gasteiger partial charge < -0.3 is 9.84 Å². The lowest BCUT2D eigenvalue weighted by atomic mass is 9.84. The SMILES string of the molecule is COc1ccc(C2(O)CCCN(C(C)(C)C)C2)cc1. The van der Waals surface area contributed by atoms with E-state index in [0.29, 0.717) is 6.54 Å². The van der Waals surface area contributed by atoms with Gasteiger partial charge in [0, 0.05) is 12.1 Å². The van der Waals surface area contributed by atoms with E-state index in [1.165, 1.54) is 0 Å². The average Bonchev–Trinajstić information content (AvgIpc) is 2.38. The Labute approximate surface area is 116 Å². The van der Waals surface area contributed by atoms with Crippen LogP contribution >= 0.6 is 0 Å². The number of piperidine rings is 1. The Bertz CT molecular complexity index is 421. The van der Waals surface area contributed by atoms with E-state index in [9.17, 15) is 5.11 Å². The fourth-order valence-corrected chi connectivity index (χ4v) is 2.75. The second-order valence-corrected chi connectivity index (χ2v) is 6.46. The molecule has 1 aromatic rings. The van der Waals surface area contributed by atoms with E-state index < -0.39 is 5.60 Å². The standard InChI is InChI=1S/C16H25NO2/c1-15(2,3)17-11-5-10-16(18,12-17)13-6-8-14(19-4)9-7-13/h6-9,18H,5,10-12H2,1-4H3. The molecule has 3 heteroatoms. The van der Waals surface area contributed by atoms with Crippen molar-refractivity contribution in [1.29, 1.82) is 0 Å². The third-order valence-corrected chi connectivity index (χ3v) is 4.05. The smallest absolute Gasteiger partial charge is 0.118 e. The number of likely N-dealkylation sites (tertiary alicyclic amines) is 1. The molecule has 0 spiro atoms. The third kappa shape index (κ3) is 3.10. The Balaban J connectivity index is 2.21. The molecule has 1 heterocycles. The Morgan fingerprint density at radius 2 is 1.84 bits per heavy atom. The predicted octanol–water partition coefficient (Wildman–Crippen LogP) is 2.78. The fourth-order valence-electron chi connectivity index (χ4n) is 2.75. The lowest BCUT2D eigenvalue weighted by Crippen LogP contribution is -2.53. The van der Waals surface area contributed by atoms with Crippen LogP contribution in [-0.4, -0.2) is 35.7 Å². The minimum atomic E-state index is -0.738. The molecule has 106 valence electrons. The molecule has 1 aromatic carbocycles. The summed E-state index contributed by atoms with van der Waals surface area (Å²) in [4.78, 5) is 2.36. The lowest BCUT2D eigenvalue weighted by molar-refractivity contribution is -0.0619. The molecule has 19 heavy (non-hydrogen) atoms. The molecular weight excluding hydrogens is 238 g/mol. The maximum Gasteiger partial charge on any atom is 0.118 e. The molecule has 3 nitrogen and oxygen atoms in total. The number of nitrogens with zero attached hydrogens (tertiary/aromatic N) is 1. The van der Waals surface area contributed by atoms with Gasteiger partial charge in [0.15, 0.2) is 0 Å². The van der Waals surface area contributed by atoms with E-state index in [-0.39, 0.29) is 5.54 Å². The van der Waals surface area contributed by atoms with E-state index in [4.69, 9.17) is 4.74 Å². The first kappa shape index (κ1) is 14.4. The number of hydrogen-bond acceptors (Lipinski definition) is 3. The first-order valence-electron chi connectivity index (χ1n) is 6.97. The van der Waals surface area contributed by atoms with Crippen molar-refractivity contribution in [1.82, 2.24) is 4.90 Å². The predicted molar refractivity (Wildman–Crippen MR) is 77.5 cm³/mol. The fraction of sp³-hybridized carbons (Fsp3) is 0.625. The Hall–Kier alpha value is -1.06. The molecule has 0 saturated carbocycles. The number of hydrogen-bond donors (Lipinski definition) is 1. The maximum atomic E-state index is 11.0. The first-order chi connectivity index (χ1) is 8.85. The molecule has 1 aliphatic rings. The summed E-state index contributed by atoms with van der Waals surface area (Å²) in [7, 11) is 1.66. The van der Waals surface area contributed by atoms with E-state index in [2.05, 4.69) is 25.7 Å². The Morgan fingerprint density at radius 1 is 1.21 bits per heavy atom. The minimum absolute atomic E-state index is 0.0981. The average molecular weight is 263 g/mol. The van der Waals surface area contributed by atoms with Crippen LogP contribution < -0.4 is 4.74 Å². The summed E-state index contributed by atoms with van der Waals surface area (Å²) in [5, 5.41) is 11.0. The number of rotatable bonds is 2. The summed E-state index contributed by atoms with van der Waals surface area (Å²) in [6.07, 6.45) is 1.85. The van der Waals surface area contributed by atoms with Gasteiger partial charge in [-0.2, -0.15) is 0 Å². The Morgan fingerprint density at radius 3 is 2.37 bits per heavy atom. The highest BCUT2D eigenvalue weighted by Crippen LogP contribution is 2.34. The summed E-state index contributed by atoms with van der Waals surface area (Å²) in [6, 6.07) is 7.79.